The summed E-state index contributed by atoms with van der Waals surface area (Å²) in [6.07, 6.45) is 0.940. The molecule has 2 aromatic rings. The molecular weight excluding hydrogens is 522 g/mol. The molecule has 3 rings (SSSR count). The number of guanidine groups is 1. The largest absolute Gasteiger partial charge is 0.378 e. The summed E-state index contributed by atoms with van der Waals surface area (Å²) >= 11 is 0. The molecule has 176 valence electrons. The fourth-order valence-electron chi connectivity index (χ4n) is 3.49. The lowest BCUT2D eigenvalue weighted by Gasteiger charge is -2.29. The lowest BCUT2D eigenvalue weighted by atomic mass is 10.1. The second-order valence-corrected chi connectivity index (χ2v) is 7.51. The number of nitrogens with one attached hydrogen (secondary N) is 2. The molecular formula is C24H34FIN4O2. The van der Waals surface area contributed by atoms with E-state index in [9.17, 15) is 4.39 Å². The zero-order chi connectivity index (χ0) is 21.9. The molecule has 0 spiro atoms. The lowest BCUT2D eigenvalue weighted by molar-refractivity contribution is 0.0646. The van der Waals surface area contributed by atoms with Gasteiger partial charge in [0, 0.05) is 39.8 Å². The van der Waals surface area contributed by atoms with Gasteiger partial charge >= 0.3 is 0 Å². The van der Waals surface area contributed by atoms with Gasteiger partial charge in [0.2, 0.25) is 0 Å². The molecule has 1 fully saturated rings. The second-order valence-electron chi connectivity index (χ2n) is 7.51. The van der Waals surface area contributed by atoms with E-state index < -0.39 is 0 Å². The van der Waals surface area contributed by atoms with Crippen molar-refractivity contribution in [1.29, 1.82) is 0 Å². The number of rotatable bonds is 9. The van der Waals surface area contributed by atoms with Crippen molar-refractivity contribution in [3.05, 3.63) is 65.5 Å². The van der Waals surface area contributed by atoms with Gasteiger partial charge in [-0.2, -0.15) is 0 Å². The molecule has 0 aliphatic carbocycles. The molecule has 1 saturated heterocycles. The molecule has 6 nitrogen and oxygen atoms in total. The van der Waals surface area contributed by atoms with Crippen LogP contribution in [0.15, 0.2) is 53.5 Å². The maximum Gasteiger partial charge on any atom is 0.191 e. The molecule has 0 amide bonds. The number of morpholine rings is 1. The lowest BCUT2D eigenvalue weighted by Crippen LogP contribution is -2.38. The Kier molecular flexibility index (Phi) is 11.8. The van der Waals surface area contributed by atoms with Crippen LogP contribution in [0.1, 0.15) is 30.6 Å². The molecule has 0 aromatic heterocycles. The van der Waals surface area contributed by atoms with E-state index in [-0.39, 0.29) is 35.9 Å². The van der Waals surface area contributed by atoms with Crippen LogP contribution in [0, 0.1) is 5.82 Å². The van der Waals surface area contributed by atoms with Crippen molar-refractivity contribution in [2.75, 3.05) is 51.4 Å². The molecule has 1 aliphatic rings. The number of halogens is 2. The smallest absolute Gasteiger partial charge is 0.191 e. The number of ether oxygens (including phenoxy) is 2. The van der Waals surface area contributed by atoms with Crippen LogP contribution in [-0.4, -0.2) is 52.5 Å². The highest BCUT2D eigenvalue weighted by Gasteiger charge is 2.15. The molecule has 2 aromatic carbocycles. The molecule has 8 heteroatoms. The molecule has 1 atom stereocenters. The highest BCUT2D eigenvalue weighted by Crippen LogP contribution is 2.21. The number of aliphatic imine (C=N–C) groups is 1. The van der Waals surface area contributed by atoms with Crippen molar-refractivity contribution in [3.8, 4) is 0 Å². The Hall–Kier alpha value is -1.91. The Labute approximate surface area is 207 Å². The van der Waals surface area contributed by atoms with Crippen LogP contribution in [0.2, 0.25) is 0 Å². The molecule has 1 aliphatic heterocycles. The van der Waals surface area contributed by atoms with Gasteiger partial charge in [0.25, 0.3) is 0 Å². The van der Waals surface area contributed by atoms with E-state index in [0.29, 0.717) is 38.0 Å². The Bertz CT molecular complexity index is 832. The Morgan fingerprint density at radius 2 is 1.91 bits per heavy atom. The fraction of sp³-hybridized carbons (Fsp3) is 0.458. The van der Waals surface area contributed by atoms with Crippen LogP contribution in [0.25, 0.3) is 0 Å². The van der Waals surface area contributed by atoms with Crippen LogP contribution in [0.3, 0.4) is 0 Å². The van der Waals surface area contributed by atoms with E-state index in [1.54, 1.807) is 13.1 Å². The predicted octanol–water partition coefficient (Wildman–Crippen LogP) is 4.11. The van der Waals surface area contributed by atoms with Gasteiger partial charge in [-0.15, -0.1) is 24.0 Å². The van der Waals surface area contributed by atoms with E-state index in [0.717, 1.165) is 31.6 Å². The summed E-state index contributed by atoms with van der Waals surface area (Å²) in [6, 6.07) is 15.6. The monoisotopic (exact) mass is 556 g/mol. The van der Waals surface area contributed by atoms with E-state index in [1.165, 1.54) is 5.56 Å². The van der Waals surface area contributed by atoms with E-state index in [1.807, 2.05) is 35.2 Å². The van der Waals surface area contributed by atoms with Gasteiger partial charge in [-0.1, -0.05) is 36.4 Å². The number of benzene rings is 2. The molecule has 0 saturated carbocycles. The van der Waals surface area contributed by atoms with Crippen LogP contribution in [-0.2, 0) is 16.0 Å². The van der Waals surface area contributed by atoms with E-state index in [4.69, 9.17) is 9.47 Å². The summed E-state index contributed by atoms with van der Waals surface area (Å²) in [7, 11) is 1.73. The summed E-state index contributed by atoms with van der Waals surface area (Å²) in [5, 5.41) is 6.51. The van der Waals surface area contributed by atoms with Crippen molar-refractivity contribution in [1.82, 2.24) is 10.6 Å². The van der Waals surface area contributed by atoms with Gasteiger partial charge in [0.1, 0.15) is 5.82 Å². The van der Waals surface area contributed by atoms with Crippen molar-refractivity contribution in [3.63, 3.8) is 0 Å². The van der Waals surface area contributed by atoms with Crippen LogP contribution < -0.4 is 15.5 Å². The number of hydrogen-bond donors (Lipinski definition) is 2. The molecule has 1 heterocycles. The van der Waals surface area contributed by atoms with Gasteiger partial charge < -0.3 is 25.0 Å². The molecule has 1 unspecified atom stereocenters. The van der Waals surface area contributed by atoms with Gasteiger partial charge in [0.05, 0.1) is 25.0 Å². The van der Waals surface area contributed by atoms with Gasteiger partial charge in [0.15, 0.2) is 5.96 Å². The number of anilines is 1. The summed E-state index contributed by atoms with van der Waals surface area (Å²) in [5.74, 6) is 0.489. The SMILES string of the molecule is CN=C(NCCCOC(C)c1ccccc1)NCc1ccc(N2CCOCC2)c(F)c1.I. The molecule has 0 radical (unpaired) electrons. The third-order valence-corrected chi connectivity index (χ3v) is 5.30. The summed E-state index contributed by atoms with van der Waals surface area (Å²) in [4.78, 5) is 6.26. The molecule has 0 bridgehead atoms. The minimum Gasteiger partial charge on any atom is -0.378 e. The standard InChI is InChI=1S/C24H33FN4O2.HI/c1-19(21-7-4-3-5-8-21)31-14-6-11-27-24(26-2)28-18-20-9-10-23(22(25)17-20)29-12-15-30-16-13-29;/h3-5,7-10,17,19H,6,11-16,18H2,1-2H3,(H2,26,27,28);1H. The first-order valence-electron chi connectivity index (χ1n) is 10.9. The number of nitrogens with zero attached hydrogens (tertiary/aromatic N) is 2. The third-order valence-electron chi connectivity index (χ3n) is 5.30. The minimum atomic E-state index is -0.200. The van der Waals surface area contributed by atoms with Crippen LogP contribution in [0.5, 0.6) is 0 Å². The predicted molar refractivity (Wildman–Crippen MR) is 138 cm³/mol. The highest BCUT2D eigenvalue weighted by molar-refractivity contribution is 14.0. The zero-order valence-electron chi connectivity index (χ0n) is 18.9. The first-order valence-corrected chi connectivity index (χ1v) is 10.9. The summed E-state index contributed by atoms with van der Waals surface area (Å²) in [6.45, 7) is 6.69. The quantitative estimate of drug-likeness (QED) is 0.211. The number of hydrogen-bond acceptors (Lipinski definition) is 4. The van der Waals surface area contributed by atoms with E-state index >= 15 is 0 Å². The Morgan fingerprint density at radius 3 is 2.59 bits per heavy atom. The Morgan fingerprint density at radius 1 is 1.16 bits per heavy atom. The second kappa shape index (κ2) is 14.3. The van der Waals surface area contributed by atoms with Crippen LogP contribution >= 0.6 is 24.0 Å². The zero-order valence-corrected chi connectivity index (χ0v) is 21.2. The van der Waals surface area contributed by atoms with Crippen LogP contribution in [0.4, 0.5) is 10.1 Å². The highest BCUT2D eigenvalue weighted by atomic mass is 127. The van der Waals surface area contributed by atoms with Gasteiger partial charge in [-0.05, 0) is 36.6 Å². The van der Waals surface area contributed by atoms with Crippen molar-refractivity contribution in [2.45, 2.75) is 26.0 Å². The maximum absolute atomic E-state index is 14.5. The van der Waals surface area contributed by atoms with Gasteiger partial charge in [-0.3, -0.25) is 4.99 Å². The Balaban J connectivity index is 0.00000363. The van der Waals surface area contributed by atoms with Gasteiger partial charge in [-0.25, -0.2) is 4.39 Å². The first-order chi connectivity index (χ1) is 15.2. The summed E-state index contributed by atoms with van der Waals surface area (Å²) < 4.78 is 25.8. The molecule has 2 N–H and O–H groups in total. The normalized spacial score (nSPS) is 15.1. The molecule has 32 heavy (non-hydrogen) atoms. The fourth-order valence-corrected chi connectivity index (χ4v) is 3.49. The third kappa shape index (κ3) is 8.22. The average molecular weight is 556 g/mol. The maximum atomic E-state index is 14.5. The summed E-state index contributed by atoms with van der Waals surface area (Å²) in [5.41, 5.74) is 2.69. The van der Waals surface area contributed by atoms with Crippen molar-refractivity contribution < 1.29 is 13.9 Å². The first kappa shape index (κ1) is 26.3. The minimum absolute atomic E-state index is 0. The average Bonchev–Trinajstić information content (AvgIpc) is 2.82. The van der Waals surface area contributed by atoms with E-state index in [2.05, 4.69) is 34.7 Å². The van der Waals surface area contributed by atoms with Crippen molar-refractivity contribution >= 4 is 35.6 Å². The topological polar surface area (TPSA) is 58.1 Å². The van der Waals surface area contributed by atoms with Crippen molar-refractivity contribution in [2.24, 2.45) is 4.99 Å².